The van der Waals surface area contributed by atoms with E-state index in [9.17, 15) is 0 Å². The van der Waals surface area contributed by atoms with Gasteiger partial charge in [-0.15, -0.1) is 0 Å². The van der Waals surface area contributed by atoms with E-state index in [4.69, 9.17) is 11.6 Å². The lowest BCUT2D eigenvalue weighted by atomic mass is 10.2. The minimum atomic E-state index is 0.643. The van der Waals surface area contributed by atoms with Crippen LogP contribution in [-0.4, -0.2) is 50.9 Å². The zero-order chi connectivity index (χ0) is 19.6. The van der Waals surface area contributed by atoms with E-state index in [1.54, 1.807) is 6.33 Å². The Morgan fingerprint density at radius 2 is 1.66 bits per heavy atom. The smallest absolute Gasteiger partial charge is 0.163 e. The maximum absolute atomic E-state index is 5.99. The van der Waals surface area contributed by atoms with E-state index in [-0.39, 0.29) is 0 Å². The maximum atomic E-state index is 5.99. The molecule has 1 aromatic carbocycles. The van der Waals surface area contributed by atoms with Crippen LogP contribution < -0.4 is 9.80 Å². The molecule has 0 atom stereocenters. The second-order valence-corrected chi connectivity index (χ2v) is 7.46. The Morgan fingerprint density at radius 1 is 0.862 bits per heavy atom. The van der Waals surface area contributed by atoms with Crippen LogP contribution in [-0.2, 0) is 6.54 Å². The van der Waals surface area contributed by atoms with E-state index >= 15 is 0 Å². The van der Waals surface area contributed by atoms with Crippen LogP contribution in [0, 0.1) is 0 Å². The molecule has 1 aliphatic rings. The number of aromatic nitrogens is 5. The highest BCUT2D eigenvalue weighted by Gasteiger charge is 2.22. The molecule has 0 aliphatic carbocycles. The molecule has 0 saturated carbocycles. The van der Waals surface area contributed by atoms with Crippen molar-refractivity contribution in [3.63, 3.8) is 0 Å². The monoisotopic (exact) mass is 405 g/mol. The minimum Gasteiger partial charge on any atom is -0.353 e. The molecule has 8 heteroatoms. The predicted molar refractivity (Wildman–Crippen MR) is 115 cm³/mol. The lowest BCUT2D eigenvalue weighted by Gasteiger charge is -2.36. The van der Waals surface area contributed by atoms with Crippen LogP contribution in [0.15, 0.2) is 61.2 Å². The Labute approximate surface area is 173 Å². The van der Waals surface area contributed by atoms with Crippen molar-refractivity contribution in [3.05, 3.63) is 71.8 Å². The first-order chi connectivity index (χ1) is 14.3. The Balaban J connectivity index is 1.36. The number of fused-ring (bicyclic) bond motifs is 1. The number of anilines is 2. The van der Waals surface area contributed by atoms with Crippen LogP contribution in [0.3, 0.4) is 0 Å². The second-order valence-electron chi connectivity index (χ2n) is 7.03. The van der Waals surface area contributed by atoms with Gasteiger partial charge in [0.25, 0.3) is 0 Å². The summed E-state index contributed by atoms with van der Waals surface area (Å²) in [6.45, 7) is 4.21. The van der Waals surface area contributed by atoms with Crippen LogP contribution in [0.25, 0.3) is 11.0 Å². The zero-order valence-electron chi connectivity index (χ0n) is 15.8. The second kappa shape index (κ2) is 7.67. The quantitative estimate of drug-likeness (QED) is 0.519. The van der Waals surface area contributed by atoms with Gasteiger partial charge in [-0.05, 0) is 29.8 Å². The summed E-state index contributed by atoms with van der Waals surface area (Å²) in [6.07, 6.45) is 5.33. The lowest BCUT2D eigenvalue weighted by molar-refractivity contribution is 0.643. The van der Waals surface area contributed by atoms with E-state index < -0.39 is 0 Å². The SMILES string of the molecule is Clc1ccc(Cn2ncc3c(N4CCN(c5ccccn5)CC4)ncnc32)cc1. The average molecular weight is 406 g/mol. The molecule has 7 nitrogen and oxygen atoms in total. The largest absolute Gasteiger partial charge is 0.353 e. The first-order valence-corrected chi connectivity index (χ1v) is 9.97. The first kappa shape index (κ1) is 17.9. The number of halogens is 1. The molecule has 146 valence electrons. The van der Waals surface area contributed by atoms with Gasteiger partial charge in [-0.25, -0.2) is 19.6 Å². The Kier molecular flexibility index (Phi) is 4.73. The standard InChI is InChI=1S/C21H20ClN7/c22-17-6-4-16(5-7-17)14-29-21-18(13-26-29)20(24-15-25-21)28-11-9-27(10-12-28)19-3-1-2-8-23-19/h1-8,13,15H,9-12,14H2. The number of pyridine rings is 1. The molecule has 29 heavy (non-hydrogen) atoms. The van der Waals surface area contributed by atoms with E-state index in [1.165, 1.54) is 0 Å². The van der Waals surface area contributed by atoms with Gasteiger partial charge in [0.2, 0.25) is 0 Å². The predicted octanol–water partition coefficient (Wildman–Crippen LogP) is 3.25. The van der Waals surface area contributed by atoms with Gasteiger partial charge in [0.05, 0.1) is 18.1 Å². The molecule has 1 fully saturated rings. The van der Waals surface area contributed by atoms with E-state index in [2.05, 4.69) is 35.9 Å². The van der Waals surface area contributed by atoms with Crippen molar-refractivity contribution in [2.45, 2.75) is 6.54 Å². The van der Waals surface area contributed by atoms with Gasteiger partial charge < -0.3 is 9.80 Å². The van der Waals surface area contributed by atoms with E-state index in [0.717, 1.165) is 59.4 Å². The molecule has 3 aromatic heterocycles. The van der Waals surface area contributed by atoms with Gasteiger partial charge in [0, 0.05) is 37.4 Å². The molecule has 0 bridgehead atoms. The topological polar surface area (TPSA) is 63.0 Å². The van der Waals surface area contributed by atoms with Crippen molar-refractivity contribution >= 4 is 34.3 Å². The van der Waals surface area contributed by atoms with Crippen molar-refractivity contribution in [3.8, 4) is 0 Å². The minimum absolute atomic E-state index is 0.643. The number of rotatable bonds is 4. The van der Waals surface area contributed by atoms with Gasteiger partial charge in [0.15, 0.2) is 5.65 Å². The fourth-order valence-electron chi connectivity index (χ4n) is 3.70. The Morgan fingerprint density at radius 3 is 2.41 bits per heavy atom. The normalized spacial score (nSPS) is 14.5. The van der Waals surface area contributed by atoms with E-state index in [1.807, 2.05) is 53.5 Å². The van der Waals surface area contributed by atoms with Gasteiger partial charge >= 0.3 is 0 Å². The summed E-state index contributed by atoms with van der Waals surface area (Å²) >= 11 is 5.99. The van der Waals surface area contributed by atoms with Crippen LogP contribution >= 0.6 is 11.6 Å². The molecule has 4 heterocycles. The first-order valence-electron chi connectivity index (χ1n) is 9.60. The molecule has 0 amide bonds. The number of nitrogens with zero attached hydrogens (tertiary/aromatic N) is 7. The van der Waals surface area contributed by atoms with Crippen LogP contribution in [0.1, 0.15) is 5.56 Å². The number of benzene rings is 1. The number of hydrogen-bond donors (Lipinski definition) is 0. The van der Waals surface area contributed by atoms with Crippen LogP contribution in [0.2, 0.25) is 5.02 Å². The maximum Gasteiger partial charge on any atom is 0.163 e. The van der Waals surface area contributed by atoms with Crippen molar-refractivity contribution in [1.82, 2.24) is 24.7 Å². The van der Waals surface area contributed by atoms with Gasteiger partial charge in [-0.1, -0.05) is 29.8 Å². The van der Waals surface area contributed by atoms with Gasteiger partial charge in [-0.3, -0.25) is 0 Å². The highest BCUT2D eigenvalue weighted by molar-refractivity contribution is 6.30. The van der Waals surface area contributed by atoms with Gasteiger partial charge in [0.1, 0.15) is 18.0 Å². The average Bonchev–Trinajstić information content (AvgIpc) is 3.19. The molecule has 0 radical (unpaired) electrons. The molecule has 1 saturated heterocycles. The Hall–Kier alpha value is -3.19. The molecule has 0 spiro atoms. The molecule has 4 aromatic rings. The van der Waals surface area contributed by atoms with Crippen LogP contribution in [0.5, 0.6) is 0 Å². The summed E-state index contributed by atoms with van der Waals surface area (Å²) in [7, 11) is 0. The van der Waals surface area contributed by atoms with Crippen molar-refractivity contribution in [2.24, 2.45) is 0 Å². The van der Waals surface area contributed by atoms with Crippen molar-refractivity contribution in [2.75, 3.05) is 36.0 Å². The fraction of sp³-hybridized carbons (Fsp3) is 0.238. The Bertz CT molecular complexity index is 1100. The summed E-state index contributed by atoms with van der Waals surface area (Å²) < 4.78 is 1.91. The summed E-state index contributed by atoms with van der Waals surface area (Å²) in [5.41, 5.74) is 1.97. The summed E-state index contributed by atoms with van der Waals surface area (Å²) in [5, 5.41) is 6.27. The van der Waals surface area contributed by atoms with E-state index in [0.29, 0.717) is 6.54 Å². The number of hydrogen-bond acceptors (Lipinski definition) is 6. The molecule has 5 rings (SSSR count). The molecular formula is C21H20ClN7. The third-order valence-electron chi connectivity index (χ3n) is 5.21. The third-order valence-corrected chi connectivity index (χ3v) is 5.46. The molecule has 1 aliphatic heterocycles. The third kappa shape index (κ3) is 3.61. The molecular weight excluding hydrogens is 386 g/mol. The number of piperazine rings is 1. The molecule has 0 unspecified atom stereocenters. The summed E-state index contributed by atoms with van der Waals surface area (Å²) in [5.74, 6) is 1.97. The van der Waals surface area contributed by atoms with Crippen molar-refractivity contribution < 1.29 is 0 Å². The van der Waals surface area contributed by atoms with Crippen molar-refractivity contribution in [1.29, 1.82) is 0 Å². The lowest BCUT2D eigenvalue weighted by Crippen LogP contribution is -2.47. The highest BCUT2D eigenvalue weighted by atomic mass is 35.5. The molecule has 0 N–H and O–H groups in total. The fourth-order valence-corrected chi connectivity index (χ4v) is 3.83. The zero-order valence-corrected chi connectivity index (χ0v) is 16.6. The van der Waals surface area contributed by atoms with Crippen LogP contribution in [0.4, 0.5) is 11.6 Å². The van der Waals surface area contributed by atoms with Gasteiger partial charge in [-0.2, -0.15) is 5.10 Å². The summed E-state index contributed by atoms with van der Waals surface area (Å²) in [6, 6.07) is 13.8. The highest BCUT2D eigenvalue weighted by Crippen LogP contribution is 2.25. The summed E-state index contributed by atoms with van der Waals surface area (Å²) in [4.78, 5) is 18.1.